The van der Waals surface area contributed by atoms with Crippen LogP contribution in [0, 0.1) is 6.92 Å². The minimum Gasteiger partial charge on any atom is -0.383 e. The fourth-order valence-corrected chi connectivity index (χ4v) is 2.41. The average molecular weight is 281 g/mol. The van der Waals surface area contributed by atoms with Gasteiger partial charge in [-0.3, -0.25) is 0 Å². The first-order valence-corrected chi connectivity index (χ1v) is 7.97. The number of hydrogen-bond donors (Lipinski definition) is 1. The molecule has 0 aliphatic rings. The quantitative estimate of drug-likeness (QED) is 0.619. The Morgan fingerprint density at radius 2 is 1.95 bits per heavy atom. The second-order valence-corrected chi connectivity index (χ2v) is 5.61. The van der Waals surface area contributed by atoms with E-state index in [9.17, 15) is 0 Å². The number of nitrogens with one attached hydrogen (secondary N) is 1. The zero-order chi connectivity index (χ0) is 14.8. The molecule has 0 bridgehead atoms. The van der Waals surface area contributed by atoms with Gasteiger partial charge in [0.1, 0.15) is 0 Å². The Morgan fingerprint density at radius 1 is 1.25 bits per heavy atom. The molecule has 1 aromatic rings. The second kappa shape index (κ2) is 9.81. The molecule has 0 aromatic carbocycles. The highest BCUT2D eigenvalue weighted by molar-refractivity contribution is 5.29. The van der Waals surface area contributed by atoms with E-state index in [-0.39, 0.29) is 0 Å². The first-order valence-electron chi connectivity index (χ1n) is 7.97. The summed E-state index contributed by atoms with van der Waals surface area (Å²) in [6.07, 6.45) is 10.0. The summed E-state index contributed by atoms with van der Waals surface area (Å²) in [5.74, 6) is 0.973. The van der Waals surface area contributed by atoms with Crippen LogP contribution in [-0.4, -0.2) is 29.8 Å². The molecule has 1 aromatic heterocycles. The molecule has 4 nitrogen and oxygen atoms in total. The zero-order valence-corrected chi connectivity index (χ0v) is 13.6. The Bertz CT molecular complexity index is 363. The lowest BCUT2D eigenvalue weighted by atomic mass is 10.1. The van der Waals surface area contributed by atoms with Crippen LogP contribution in [0.2, 0.25) is 0 Å². The number of methoxy groups -OCH3 is 1. The number of aromatic nitrogens is 2. The molecule has 0 spiro atoms. The van der Waals surface area contributed by atoms with Gasteiger partial charge < -0.3 is 14.6 Å². The van der Waals surface area contributed by atoms with Crippen molar-refractivity contribution in [2.24, 2.45) is 0 Å². The maximum absolute atomic E-state index is 5.23. The van der Waals surface area contributed by atoms with Gasteiger partial charge in [0, 0.05) is 19.9 Å². The van der Waals surface area contributed by atoms with Crippen LogP contribution in [-0.2, 0) is 4.74 Å². The number of hydrogen-bond acceptors (Lipinski definition) is 3. The summed E-state index contributed by atoms with van der Waals surface area (Å²) in [5, 5.41) is 3.46. The Balaban J connectivity index is 2.32. The van der Waals surface area contributed by atoms with Crippen molar-refractivity contribution in [3.8, 4) is 0 Å². The third kappa shape index (κ3) is 5.95. The van der Waals surface area contributed by atoms with E-state index < -0.39 is 0 Å². The number of aryl methyl sites for hydroxylation is 1. The minimum atomic E-state index is 0.313. The van der Waals surface area contributed by atoms with Crippen LogP contribution in [0.15, 0.2) is 6.20 Å². The molecule has 1 atom stereocenters. The van der Waals surface area contributed by atoms with Gasteiger partial charge in [-0.15, -0.1) is 0 Å². The summed E-state index contributed by atoms with van der Waals surface area (Å²) in [4.78, 5) is 4.56. The SMILES string of the molecule is CCCCCCCCNc1nc(C)cn1C(C)COC. The molecule has 1 unspecified atom stereocenters. The monoisotopic (exact) mass is 281 g/mol. The van der Waals surface area contributed by atoms with Crippen molar-refractivity contribution in [3.63, 3.8) is 0 Å². The Hall–Kier alpha value is -1.03. The number of ether oxygens (including phenoxy) is 1. The van der Waals surface area contributed by atoms with Gasteiger partial charge in [-0.25, -0.2) is 4.98 Å². The van der Waals surface area contributed by atoms with E-state index in [1.54, 1.807) is 7.11 Å². The predicted octanol–water partition coefficient (Wildman–Crippen LogP) is 4.17. The van der Waals surface area contributed by atoms with Gasteiger partial charge in [-0.05, 0) is 20.3 Å². The number of imidazole rings is 1. The molecule has 1 N–H and O–H groups in total. The number of rotatable bonds is 11. The van der Waals surface area contributed by atoms with Crippen molar-refractivity contribution < 1.29 is 4.74 Å². The zero-order valence-electron chi connectivity index (χ0n) is 13.6. The van der Waals surface area contributed by atoms with Crippen LogP contribution in [0.1, 0.15) is 64.1 Å². The van der Waals surface area contributed by atoms with Crippen molar-refractivity contribution in [2.45, 2.75) is 65.3 Å². The largest absolute Gasteiger partial charge is 0.383 e. The summed E-state index contributed by atoms with van der Waals surface area (Å²) >= 11 is 0. The molecular formula is C16H31N3O. The normalized spacial score (nSPS) is 12.6. The molecule has 0 radical (unpaired) electrons. The molecule has 1 heterocycles. The summed E-state index contributed by atoms with van der Waals surface area (Å²) < 4.78 is 7.40. The highest BCUT2D eigenvalue weighted by Gasteiger charge is 2.11. The highest BCUT2D eigenvalue weighted by Crippen LogP contribution is 2.16. The molecule has 0 aliphatic heterocycles. The second-order valence-electron chi connectivity index (χ2n) is 5.61. The van der Waals surface area contributed by atoms with Crippen LogP contribution in [0.4, 0.5) is 5.95 Å². The van der Waals surface area contributed by atoms with Gasteiger partial charge >= 0.3 is 0 Å². The average Bonchev–Trinajstić information content (AvgIpc) is 2.79. The van der Waals surface area contributed by atoms with Crippen molar-refractivity contribution in [1.82, 2.24) is 9.55 Å². The van der Waals surface area contributed by atoms with Crippen molar-refractivity contribution in [3.05, 3.63) is 11.9 Å². The summed E-state index contributed by atoms with van der Waals surface area (Å²) in [5.41, 5.74) is 1.05. The third-order valence-electron chi connectivity index (χ3n) is 3.55. The van der Waals surface area contributed by atoms with Gasteiger partial charge in [0.25, 0.3) is 0 Å². The smallest absolute Gasteiger partial charge is 0.203 e. The maximum atomic E-state index is 5.23. The van der Waals surface area contributed by atoms with Crippen molar-refractivity contribution >= 4 is 5.95 Å². The highest BCUT2D eigenvalue weighted by atomic mass is 16.5. The Morgan fingerprint density at radius 3 is 2.65 bits per heavy atom. The number of anilines is 1. The van der Waals surface area contributed by atoms with Crippen LogP contribution >= 0.6 is 0 Å². The van der Waals surface area contributed by atoms with Crippen molar-refractivity contribution in [2.75, 3.05) is 25.6 Å². The van der Waals surface area contributed by atoms with Gasteiger partial charge in [0.05, 0.1) is 18.3 Å². The topological polar surface area (TPSA) is 39.1 Å². The van der Waals surface area contributed by atoms with E-state index in [1.807, 2.05) is 6.92 Å². The molecule has 0 amide bonds. The Kier molecular flexibility index (Phi) is 8.35. The molecular weight excluding hydrogens is 250 g/mol. The standard InChI is InChI=1S/C16H31N3O/c1-5-6-7-8-9-10-11-17-16-18-14(2)12-19(16)15(3)13-20-4/h12,15H,5-11,13H2,1-4H3,(H,17,18). The van der Waals surface area contributed by atoms with E-state index in [0.29, 0.717) is 12.6 Å². The summed E-state index contributed by atoms with van der Waals surface area (Å²) in [6.45, 7) is 8.15. The number of unbranched alkanes of at least 4 members (excludes halogenated alkanes) is 5. The van der Waals surface area contributed by atoms with Gasteiger partial charge in [0.2, 0.25) is 5.95 Å². The van der Waals surface area contributed by atoms with E-state index in [0.717, 1.165) is 18.2 Å². The molecule has 0 saturated heterocycles. The van der Waals surface area contributed by atoms with Crippen LogP contribution < -0.4 is 5.32 Å². The van der Waals surface area contributed by atoms with E-state index >= 15 is 0 Å². The van der Waals surface area contributed by atoms with E-state index in [1.165, 1.54) is 38.5 Å². The summed E-state index contributed by atoms with van der Waals surface area (Å²) in [6, 6.07) is 0.313. The molecule has 0 saturated carbocycles. The van der Waals surface area contributed by atoms with Gasteiger partial charge in [-0.2, -0.15) is 0 Å². The fraction of sp³-hybridized carbons (Fsp3) is 0.812. The third-order valence-corrected chi connectivity index (χ3v) is 3.55. The maximum Gasteiger partial charge on any atom is 0.203 e. The van der Waals surface area contributed by atoms with Gasteiger partial charge in [0.15, 0.2) is 0 Å². The van der Waals surface area contributed by atoms with E-state index in [2.05, 4.69) is 34.9 Å². The molecule has 0 fully saturated rings. The van der Waals surface area contributed by atoms with Crippen LogP contribution in [0.25, 0.3) is 0 Å². The van der Waals surface area contributed by atoms with Crippen LogP contribution in [0.3, 0.4) is 0 Å². The molecule has 1 rings (SSSR count). The molecule has 4 heteroatoms. The minimum absolute atomic E-state index is 0.313. The van der Waals surface area contributed by atoms with E-state index in [4.69, 9.17) is 4.74 Å². The predicted molar refractivity (Wildman–Crippen MR) is 85.4 cm³/mol. The summed E-state index contributed by atoms with van der Waals surface area (Å²) in [7, 11) is 1.74. The lowest BCUT2D eigenvalue weighted by molar-refractivity contribution is 0.163. The fourth-order valence-electron chi connectivity index (χ4n) is 2.41. The first kappa shape index (κ1) is 17.0. The molecule has 116 valence electrons. The molecule has 0 aliphatic carbocycles. The van der Waals surface area contributed by atoms with Gasteiger partial charge in [-0.1, -0.05) is 39.0 Å². The Labute approximate surface area is 123 Å². The lowest BCUT2D eigenvalue weighted by Gasteiger charge is -2.16. The molecule has 20 heavy (non-hydrogen) atoms. The van der Waals surface area contributed by atoms with Crippen molar-refractivity contribution in [1.29, 1.82) is 0 Å². The number of nitrogens with zero attached hydrogens (tertiary/aromatic N) is 2. The first-order chi connectivity index (χ1) is 9.69. The van der Waals surface area contributed by atoms with Crippen LogP contribution in [0.5, 0.6) is 0 Å². The lowest BCUT2D eigenvalue weighted by Crippen LogP contribution is -2.15.